The van der Waals surface area contributed by atoms with Crippen molar-refractivity contribution < 1.29 is 29.5 Å². The molecule has 0 aromatic heterocycles. The Morgan fingerprint density at radius 2 is 1.93 bits per heavy atom. The predicted molar refractivity (Wildman–Crippen MR) is 102 cm³/mol. The summed E-state index contributed by atoms with van der Waals surface area (Å²) in [6, 6.07) is 11.7. The number of carboxylic acids is 1. The molecule has 1 atom stereocenters. The van der Waals surface area contributed by atoms with E-state index in [0.717, 1.165) is 5.56 Å². The van der Waals surface area contributed by atoms with Crippen LogP contribution in [0, 0.1) is 0 Å². The number of carbonyl (C=O) groups excluding carboxylic acids is 1. The zero-order valence-electron chi connectivity index (χ0n) is 15.1. The van der Waals surface area contributed by atoms with E-state index in [4.69, 9.17) is 9.76 Å². The molecule has 0 fully saturated rings. The van der Waals surface area contributed by atoms with Gasteiger partial charge in [-0.1, -0.05) is 24.3 Å². The van der Waals surface area contributed by atoms with Crippen molar-refractivity contribution in [3.8, 4) is 5.75 Å². The number of hydrogen-bond acceptors (Lipinski definition) is 6. The fourth-order valence-corrected chi connectivity index (χ4v) is 3.05. The van der Waals surface area contributed by atoms with Gasteiger partial charge in [0.05, 0.1) is 18.1 Å². The van der Waals surface area contributed by atoms with E-state index in [1.807, 2.05) is 12.1 Å². The third kappa shape index (κ3) is 4.51. The summed E-state index contributed by atoms with van der Waals surface area (Å²) in [6.45, 7) is 1.14. The number of para-hydroxylation sites is 1. The van der Waals surface area contributed by atoms with Crippen LogP contribution in [0.2, 0.25) is 0 Å². The lowest BCUT2D eigenvalue weighted by atomic mass is 9.72. The van der Waals surface area contributed by atoms with Gasteiger partial charge in [-0.15, -0.1) is 0 Å². The molecule has 2 aromatic rings. The number of nitrogens with one attached hydrogen (secondary N) is 2. The Balaban J connectivity index is 1.66. The maximum Gasteiger partial charge on any atom is 0.547 e. The van der Waals surface area contributed by atoms with E-state index in [-0.39, 0.29) is 30.2 Å². The quantitative estimate of drug-likeness (QED) is 0.341. The van der Waals surface area contributed by atoms with E-state index in [0.29, 0.717) is 24.2 Å². The molecule has 0 saturated carbocycles. The summed E-state index contributed by atoms with van der Waals surface area (Å²) in [6.07, 6.45) is 0.256. The summed E-state index contributed by atoms with van der Waals surface area (Å²) in [5, 5.41) is 34.0. The van der Waals surface area contributed by atoms with Crippen LogP contribution in [0.15, 0.2) is 42.5 Å². The van der Waals surface area contributed by atoms with Crippen molar-refractivity contribution in [3.63, 3.8) is 0 Å². The first-order valence-electron chi connectivity index (χ1n) is 8.91. The lowest BCUT2D eigenvalue weighted by Crippen LogP contribution is -2.53. The number of aromatic carboxylic acids is 1. The number of rotatable bonds is 7. The zero-order valence-corrected chi connectivity index (χ0v) is 15.1. The third-order valence-corrected chi connectivity index (χ3v) is 4.50. The van der Waals surface area contributed by atoms with Crippen molar-refractivity contribution in [2.45, 2.75) is 18.9 Å². The summed E-state index contributed by atoms with van der Waals surface area (Å²) >= 11 is 0. The maximum absolute atomic E-state index is 12.5. The zero-order chi connectivity index (χ0) is 20.1. The molecule has 0 spiro atoms. The minimum atomic E-state index is -1.35. The third-order valence-electron chi connectivity index (χ3n) is 4.50. The van der Waals surface area contributed by atoms with Crippen LogP contribution in [0.5, 0.6) is 5.75 Å². The van der Waals surface area contributed by atoms with Crippen molar-refractivity contribution >= 4 is 19.0 Å². The topological polar surface area (TPSA) is 128 Å². The van der Waals surface area contributed by atoms with Gasteiger partial charge in [-0.25, -0.2) is 4.79 Å². The number of amides is 1. The van der Waals surface area contributed by atoms with E-state index in [1.165, 1.54) is 6.07 Å². The van der Waals surface area contributed by atoms with Gasteiger partial charge in [0.1, 0.15) is 5.75 Å². The highest BCUT2D eigenvalue weighted by Gasteiger charge is 2.37. The summed E-state index contributed by atoms with van der Waals surface area (Å²) in [5.41, 5.74) is 2.00. The first-order valence-corrected chi connectivity index (χ1v) is 8.91. The standard InChI is InChI=1S/C19H21BN2O6/c23-9-8-21-11-12-4-6-13(7-5-12)18(24)22-16-10-14-2-1-3-15(19(25)26)17(14)28-20(16)27/h1-7,16,21,23,27H,8-11H2,(H,22,24)(H,25,26)/t16-/m0/s1. The molecule has 8 nitrogen and oxygen atoms in total. The fourth-order valence-electron chi connectivity index (χ4n) is 3.05. The van der Waals surface area contributed by atoms with Crippen molar-refractivity contribution in [2.75, 3.05) is 13.2 Å². The van der Waals surface area contributed by atoms with Gasteiger partial charge in [0.2, 0.25) is 0 Å². The van der Waals surface area contributed by atoms with Crippen molar-refractivity contribution in [1.82, 2.24) is 10.6 Å². The Labute approximate surface area is 162 Å². The number of carbonyl (C=O) groups is 2. The Hall–Kier alpha value is -2.88. The first kappa shape index (κ1) is 19.9. The molecule has 28 heavy (non-hydrogen) atoms. The highest BCUT2D eigenvalue weighted by Crippen LogP contribution is 2.30. The Morgan fingerprint density at radius 1 is 1.18 bits per heavy atom. The highest BCUT2D eigenvalue weighted by atomic mass is 16.5. The molecule has 2 aromatic carbocycles. The molecule has 0 unspecified atom stereocenters. The van der Waals surface area contributed by atoms with Crippen LogP contribution in [-0.2, 0) is 13.0 Å². The summed E-state index contributed by atoms with van der Waals surface area (Å²) in [4.78, 5) is 23.8. The molecule has 5 N–H and O–H groups in total. The molecular weight excluding hydrogens is 363 g/mol. The molecule has 1 heterocycles. The van der Waals surface area contributed by atoms with E-state index >= 15 is 0 Å². The number of carboxylic acid groups (broad SMARTS) is 1. The van der Waals surface area contributed by atoms with Crippen LogP contribution in [0.25, 0.3) is 0 Å². The molecular formula is C19H21BN2O6. The summed E-state index contributed by atoms with van der Waals surface area (Å²) < 4.78 is 5.38. The molecule has 9 heteroatoms. The second-order valence-electron chi connectivity index (χ2n) is 6.49. The highest BCUT2D eigenvalue weighted by molar-refractivity contribution is 6.47. The predicted octanol–water partition coefficient (Wildman–Crippen LogP) is 0.220. The van der Waals surface area contributed by atoms with Gasteiger partial charge in [0, 0.05) is 18.7 Å². The van der Waals surface area contributed by atoms with E-state index in [9.17, 15) is 19.7 Å². The van der Waals surface area contributed by atoms with E-state index < -0.39 is 19.0 Å². The SMILES string of the molecule is O=C(N[C@H]1Cc2cccc(C(=O)O)c2OB1O)c1ccc(CNCCO)cc1. The second-order valence-corrected chi connectivity index (χ2v) is 6.49. The number of aliphatic hydroxyl groups is 1. The van der Waals surface area contributed by atoms with Gasteiger partial charge in [0.15, 0.2) is 0 Å². The molecule has 0 saturated heterocycles. The molecule has 1 aliphatic rings. The molecule has 3 rings (SSSR count). The molecule has 146 valence electrons. The average molecular weight is 384 g/mol. The minimum Gasteiger partial charge on any atom is -0.534 e. The average Bonchev–Trinajstić information content (AvgIpc) is 2.68. The van der Waals surface area contributed by atoms with Crippen LogP contribution in [-0.4, -0.2) is 53.3 Å². The van der Waals surface area contributed by atoms with Crippen molar-refractivity contribution in [3.05, 3.63) is 64.7 Å². The summed E-state index contributed by atoms with van der Waals surface area (Å²) in [5.74, 6) is -2.07. The molecule has 1 amide bonds. The smallest absolute Gasteiger partial charge is 0.534 e. The Bertz CT molecular complexity index is 858. The number of fused-ring (bicyclic) bond motifs is 1. The van der Waals surface area contributed by atoms with Gasteiger partial charge in [-0.05, 0) is 35.7 Å². The number of aliphatic hydroxyl groups excluding tert-OH is 1. The van der Waals surface area contributed by atoms with Crippen LogP contribution in [0.3, 0.4) is 0 Å². The monoisotopic (exact) mass is 384 g/mol. The lowest BCUT2D eigenvalue weighted by molar-refractivity contribution is 0.0693. The van der Waals surface area contributed by atoms with Crippen molar-refractivity contribution in [1.29, 1.82) is 0 Å². The van der Waals surface area contributed by atoms with Gasteiger partial charge in [-0.2, -0.15) is 0 Å². The first-order chi connectivity index (χ1) is 13.5. The molecule has 0 bridgehead atoms. The molecule has 0 aliphatic carbocycles. The number of hydrogen-bond donors (Lipinski definition) is 5. The van der Waals surface area contributed by atoms with Crippen LogP contribution >= 0.6 is 0 Å². The van der Waals surface area contributed by atoms with Gasteiger partial charge >= 0.3 is 13.1 Å². The van der Waals surface area contributed by atoms with Crippen LogP contribution < -0.4 is 15.3 Å². The van der Waals surface area contributed by atoms with Gasteiger partial charge in [0.25, 0.3) is 5.91 Å². The normalized spacial score (nSPS) is 15.5. The van der Waals surface area contributed by atoms with E-state index in [2.05, 4.69) is 10.6 Å². The van der Waals surface area contributed by atoms with Crippen LogP contribution in [0.4, 0.5) is 0 Å². The van der Waals surface area contributed by atoms with E-state index in [1.54, 1.807) is 24.3 Å². The summed E-state index contributed by atoms with van der Waals surface area (Å²) in [7, 11) is -1.35. The lowest BCUT2D eigenvalue weighted by Gasteiger charge is -2.28. The molecule has 0 radical (unpaired) electrons. The maximum atomic E-state index is 12.5. The van der Waals surface area contributed by atoms with Gasteiger partial charge < -0.3 is 30.5 Å². The fraction of sp³-hybridized carbons (Fsp3) is 0.263. The van der Waals surface area contributed by atoms with Crippen LogP contribution in [0.1, 0.15) is 31.8 Å². The number of benzene rings is 2. The van der Waals surface area contributed by atoms with Crippen molar-refractivity contribution in [2.24, 2.45) is 0 Å². The Morgan fingerprint density at radius 3 is 2.61 bits per heavy atom. The minimum absolute atomic E-state index is 0.0216. The van der Waals surface area contributed by atoms with Gasteiger partial charge in [-0.3, -0.25) is 4.79 Å². The largest absolute Gasteiger partial charge is 0.547 e. The second kappa shape index (κ2) is 8.88. The Kier molecular flexibility index (Phi) is 6.30. The molecule has 1 aliphatic heterocycles.